The zero-order chi connectivity index (χ0) is 14.8. The fraction of sp³-hybridized carbons (Fsp3) is 0.214. The average molecular weight is 311 g/mol. The molecule has 0 saturated carbocycles. The van der Waals surface area contributed by atoms with Crippen LogP contribution in [0.1, 0.15) is 25.3 Å². The summed E-state index contributed by atoms with van der Waals surface area (Å²) >= 11 is 5.71. The Morgan fingerprint density at radius 2 is 1.80 bits per heavy atom. The van der Waals surface area contributed by atoms with Gasteiger partial charge in [0.25, 0.3) is 10.0 Å². The second-order valence-electron chi connectivity index (χ2n) is 4.70. The summed E-state index contributed by atoms with van der Waals surface area (Å²) < 4.78 is 26.9. The number of hydrogen-bond acceptors (Lipinski definition) is 3. The Balaban J connectivity index is 2.24. The molecule has 0 aliphatic carbocycles. The van der Waals surface area contributed by atoms with Crippen LogP contribution in [0, 0.1) is 0 Å². The second kappa shape index (κ2) is 5.81. The van der Waals surface area contributed by atoms with Crippen molar-refractivity contribution in [2.24, 2.45) is 0 Å². The molecule has 0 aliphatic rings. The van der Waals surface area contributed by atoms with Crippen LogP contribution in [-0.2, 0) is 10.0 Å². The van der Waals surface area contributed by atoms with Crippen molar-refractivity contribution in [2.45, 2.75) is 24.7 Å². The van der Waals surface area contributed by atoms with Gasteiger partial charge in [-0.05, 0) is 35.7 Å². The molecule has 2 aromatic rings. The van der Waals surface area contributed by atoms with Gasteiger partial charge in [-0.3, -0.25) is 4.72 Å². The SMILES string of the molecule is CC(C)c1ccc(NS(=O)(=O)c2ccnc(Cl)c2)cc1. The van der Waals surface area contributed by atoms with Crippen LogP contribution in [0.25, 0.3) is 0 Å². The summed E-state index contributed by atoms with van der Waals surface area (Å²) in [5.41, 5.74) is 1.67. The average Bonchev–Trinajstić information content (AvgIpc) is 2.39. The van der Waals surface area contributed by atoms with Gasteiger partial charge in [0, 0.05) is 11.9 Å². The van der Waals surface area contributed by atoms with E-state index in [0.717, 1.165) is 5.56 Å². The highest BCUT2D eigenvalue weighted by Gasteiger charge is 2.14. The third kappa shape index (κ3) is 3.49. The first-order valence-electron chi connectivity index (χ1n) is 6.13. The molecule has 106 valence electrons. The zero-order valence-electron chi connectivity index (χ0n) is 11.2. The van der Waals surface area contributed by atoms with Crippen molar-refractivity contribution < 1.29 is 8.42 Å². The Bertz CT molecular complexity index is 697. The Kier molecular flexibility index (Phi) is 4.30. The van der Waals surface area contributed by atoms with E-state index in [1.54, 1.807) is 12.1 Å². The predicted octanol–water partition coefficient (Wildman–Crippen LogP) is 3.66. The van der Waals surface area contributed by atoms with Crippen LogP contribution in [0.4, 0.5) is 5.69 Å². The van der Waals surface area contributed by atoms with Gasteiger partial charge in [-0.1, -0.05) is 37.6 Å². The summed E-state index contributed by atoms with van der Waals surface area (Å²) in [5, 5.41) is 0.142. The summed E-state index contributed by atoms with van der Waals surface area (Å²) in [4.78, 5) is 3.85. The molecule has 0 radical (unpaired) electrons. The standard InChI is InChI=1S/C14H15ClN2O2S/c1-10(2)11-3-5-12(6-4-11)17-20(18,19)13-7-8-16-14(15)9-13/h3-10,17H,1-2H3. The van der Waals surface area contributed by atoms with Crippen LogP contribution >= 0.6 is 11.6 Å². The third-order valence-corrected chi connectivity index (χ3v) is 4.42. The highest BCUT2D eigenvalue weighted by Crippen LogP contribution is 2.20. The molecule has 6 heteroatoms. The van der Waals surface area contributed by atoms with Gasteiger partial charge >= 0.3 is 0 Å². The van der Waals surface area contributed by atoms with Gasteiger partial charge < -0.3 is 0 Å². The maximum Gasteiger partial charge on any atom is 0.262 e. The van der Waals surface area contributed by atoms with Crippen molar-refractivity contribution >= 4 is 27.3 Å². The van der Waals surface area contributed by atoms with Gasteiger partial charge in [0.1, 0.15) is 5.15 Å². The fourth-order valence-electron chi connectivity index (χ4n) is 1.70. The molecule has 1 N–H and O–H groups in total. The molecule has 1 aromatic carbocycles. The molecule has 0 atom stereocenters. The summed E-state index contributed by atoms with van der Waals surface area (Å²) in [6.07, 6.45) is 1.36. The highest BCUT2D eigenvalue weighted by molar-refractivity contribution is 7.92. The molecule has 1 heterocycles. The molecule has 0 unspecified atom stereocenters. The summed E-state index contributed by atoms with van der Waals surface area (Å²) in [6.45, 7) is 4.16. The number of benzene rings is 1. The van der Waals surface area contributed by atoms with E-state index in [2.05, 4.69) is 23.6 Å². The minimum atomic E-state index is -3.64. The first-order valence-corrected chi connectivity index (χ1v) is 7.99. The highest BCUT2D eigenvalue weighted by atomic mass is 35.5. The van der Waals surface area contributed by atoms with Gasteiger partial charge in [-0.15, -0.1) is 0 Å². The molecule has 4 nitrogen and oxygen atoms in total. The van der Waals surface area contributed by atoms with Crippen molar-refractivity contribution in [2.75, 3.05) is 4.72 Å². The smallest absolute Gasteiger partial charge is 0.262 e. The molecular weight excluding hydrogens is 296 g/mol. The van der Waals surface area contributed by atoms with Gasteiger partial charge in [-0.25, -0.2) is 13.4 Å². The van der Waals surface area contributed by atoms with E-state index in [4.69, 9.17) is 11.6 Å². The number of sulfonamides is 1. The molecular formula is C14H15ClN2O2S. The number of pyridine rings is 1. The largest absolute Gasteiger partial charge is 0.280 e. The van der Waals surface area contributed by atoms with Gasteiger partial charge in [0.15, 0.2) is 0 Å². The normalized spacial score (nSPS) is 11.6. The first kappa shape index (κ1) is 14.8. The van der Waals surface area contributed by atoms with E-state index in [9.17, 15) is 8.42 Å². The van der Waals surface area contributed by atoms with Crippen molar-refractivity contribution in [3.8, 4) is 0 Å². The molecule has 1 aromatic heterocycles. The Labute approximate surface area is 123 Å². The lowest BCUT2D eigenvalue weighted by atomic mass is 10.0. The van der Waals surface area contributed by atoms with Gasteiger partial charge in [0.05, 0.1) is 4.90 Å². The number of aromatic nitrogens is 1. The predicted molar refractivity (Wildman–Crippen MR) is 80.6 cm³/mol. The van der Waals surface area contributed by atoms with E-state index in [-0.39, 0.29) is 10.0 Å². The quantitative estimate of drug-likeness (QED) is 0.877. The Hall–Kier alpha value is -1.59. The number of nitrogens with one attached hydrogen (secondary N) is 1. The lowest BCUT2D eigenvalue weighted by Crippen LogP contribution is -2.13. The van der Waals surface area contributed by atoms with Crippen molar-refractivity contribution in [3.05, 3.63) is 53.3 Å². The summed E-state index contributed by atoms with van der Waals surface area (Å²) in [6, 6.07) is 10.0. The van der Waals surface area contributed by atoms with Crippen molar-refractivity contribution in [1.29, 1.82) is 0 Å². The molecule has 0 saturated heterocycles. The van der Waals surface area contributed by atoms with E-state index < -0.39 is 10.0 Å². The number of nitrogens with zero attached hydrogens (tertiary/aromatic N) is 1. The van der Waals surface area contributed by atoms with Crippen LogP contribution in [0.5, 0.6) is 0 Å². The molecule has 0 spiro atoms. The van der Waals surface area contributed by atoms with Crippen molar-refractivity contribution in [1.82, 2.24) is 4.98 Å². The van der Waals surface area contributed by atoms with Gasteiger partial charge in [-0.2, -0.15) is 0 Å². The van der Waals surface area contributed by atoms with E-state index in [1.165, 1.54) is 18.3 Å². The number of rotatable bonds is 4. The third-order valence-electron chi connectivity index (χ3n) is 2.84. The zero-order valence-corrected chi connectivity index (χ0v) is 12.7. The van der Waals surface area contributed by atoms with Crippen LogP contribution in [0.15, 0.2) is 47.5 Å². The van der Waals surface area contributed by atoms with Crippen molar-refractivity contribution in [3.63, 3.8) is 0 Å². The molecule has 0 aliphatic heterocycles. The van der Waals surface area contributed by atoms with E-state index in [1.807, 2.05) is 12.1 Å². The Morgan fingerprint density at radius 3 is 2.35 bits per heavy atom. The lowest BCUT2D eigenvalue weighted by molar-refractivity contribution is 0.601. The minimum absolute atomic E-state index is 0.0884. The number of halogens is 1. The Morgan fingerprint density at radius 1 is 1.15 bits per heavy atom. The summed E-state index contributed by atoms with van der Waals surface area (Å²) in [7, 11) is -3.64. The first-order chi connectivity index (χ1) is 9.38. The summed E-state index contributed by atoms with van der Waals surface area (Å²) in [5.74, 6) is 0.402. The van der Waals surface area contributed by atoms with Crippen LogP contribution < -0.4 is 4.72 Å². The van der Waals surface area contributed by atoms with Crippen LogP contribution in [-0.4, -0.2) is 13.4 Å². The molecule has 2 rings (SSSR count). The van der Waals surface area contributed by atoms with E-state index >= 15 is 0 Å². The van der Waals surface area contributed by atoms with Gasteiger partial charge in [0.2, 0.25) is 0 Å². The molecule has 0 bridgehead atoms. The minimum Gasteiger partial charge on any atom is -0.280 e. The lowest BCUT2D eigenvalue weighted by Gasteiger charge is -2.10. The fourth-order valence-corrected chi connectivity index (χ4v) is 3.01. The number of anilines is 1. The molecule has 0 fully saturated rings. The molecule has 20 heavy (non-hydrogen) atoms. The second-order valence-corrected chi connectivity index (χ2v) is 6.77. The van der Waals surface area contributed by atoms with Crippen LogP contribution in [0.2, 0.25) is 5.15 Å². The van der Waals surface area contributed by atoms with E-state index in [0.29, 0.717) is 11.6 Å². The monoisotopic (exact) mass is 310 g/mol. The number of hydrogen-bond donors (Lipinski definition) is 1. The maximum atomic E-state index is 12.2. The maximum absolute atomic E-state index is 12.2. The molecule has 0 amide bonds. The van der Waals surface area contributed by atoms with Crippen LogP contribution in [0.3, 0.4) is 0 Å². The topological polar surface area (TPSA) is 59.1 Å².